The van der Waals surface area contributed by atoms with Crippen molar-refractivity contribution in [2.24, 2.45) is 0 Å². The summed E-state index contributed by atoms with van der Waals surface area (Å²) < 4.78 is 0. The van der Waals surface area contributed by atoms with E-state index in [2.05, 4.69) is 37.9 Å². The zero-order valence-corrected chi connectivity index (χ0v) is 12.4. The van der Waals surface area contributed by atoms with Crippen LogP contribution in [0.2, 0.25) is 0 Å². The first-order valence-electron chi connectivity index (χ1n) is 6.65. The molecule has 0 aromatic carbocycles. The number of nitrogens with zero attached hydrogens (tertiary/aromatic N) is 2. The highest BCUT2D eigenvalue weighted by molar-refractivity contribution is 7.11. The van der Waals surface area contributed by atoms with Crippen molar-refractivity contribution in [2.75, 3.05) is 19.6 Å². The zero-order chi connectivity index (χ0) is 12.7. The van der Waals surface area contributed by atoms with Crippen LogP contribution in [0.3, 0.4) is 0 Å². The molecule has 0 atom stereocenters. The number of aryl methyl sites for hydroxylation is 1. The maximum Gasteiger partial charge on any atom is 0.107 e. The van der Waals surface area contributed by atoms with E-state index in [4.69, 9.17) is 4.98 Å². The smallest absolute Gasteiger partial charge is 0.107 e. The molecule has 0 saturated heterocycles. The number of aromatic nitrogens is 1. The third kappa shape index (κ3) is 4.37. The second-order valence-corrected chi connectivity index (χ2v) is 5.24. The number of hydrogen-bond acceptors (Lipinski definition) is 4. The van der Waals surface area contributed by atoms with Crippen LogP contribution in [0, 0.1) is 0 Å². The predicted molar refractivity (Wildman–Crippen MR) is 75.5 cm³/mol. The Bertz CT molecular complexity index is 318. The van der Waals surface area contributed by atoms with Gasteiger partial charge in [-0.15, -0.1) is 11.3 Å². The largest absolute Gasteiger partial charge is 0.312 e. The molecule has 0 unspecified atom stereocenters. The van der Waals surface area contributed by atoms with Gasteiger partial charge >= 0.3 is 0 Å². The van der Waals surface area contributed by atoms with Crippen molar-refractivity contribution in [3.05, 3.63) is 15.6 Å². The highest BCUT2D eigenvalue weighted by atomic mass is 32.1. The Morgan fingerprint density at radius 2 is 1.88 bits per heavy atom. The Hall–Kier alpha value is -0.450. The summed E-state index contributed by atoms with van der Waals surface area (Å²) in [5.74, 6) is 0. The van der Waals surface area contributed by atoms with Gasteiger partial charge < -0.3 is 5.32 Å². The number of rotatable bonds is 8. The standard InChI is InChI=1S/C13H25N3S/c1-5-11-12(9-14-6-2)17-13(15-11)10-16(7-3)8-4/h14H,5-10H2,1-4H3. The topological polar surface area (TPSA) is 28.2 Å². The average molecular weight is 255 g/mol. The minimum atomic E-state index is 0.968. The molecule has 98 valence electrons. The monoisotopic (exact) mass is 255 g/mol. The third-order valence-electron chi connectivity index (χ3n) is 2.95. The van der Waals surface area contributed by atoms with Gasteiger partial charge in [0.25, 0.3) is 0 Å². The normalized spacial score (nSPS) is 11.4. The van der Waals surface area contributed by atoms with E-state index in [9.17, 15) is 0 Å². The molecule has 0 fully saturated rings. The summed E-state index contributed by atoms with van der Waals surface area (Å²) in [6.07, 6.45) is 1.04. The lowest BCUT2D eigenvalue weighted by molar-refractivity contribution is 0.295. The molecule has 4 heteroatoms. The molecule has 0 aliphatic rings. The first kappa shape index (κ1) is 14.6. The lowest BCUT2D eigenvalue weighted by atomic mass is 10.3. The van der Waals surface area contributed by atoms with Crippen molar-refractivity contribution in [1.29, 1.82) is 0 Å². The lowest BCUT2D eigenvalue weighted by Crippen LogP contribution is -2.21. The molecule has 0 radical (unpaired) electrons. The molecule has 0 bridgehead atoms. The highest BCUT2D eigenvalue weighted by Crippen LogP contribution is 2.20. The minimum absolute atomic E-state index is 0.968. The van der Waals surface area contributed by atoms with Crippen LogP contribution in [-0.2, 0) is 19.5 Å². The molecule has 0 saturated carbocycles. The van der Waals surface area contributed by atoms with E-state index >= 15 is 0 Å². The first-order valence-corrected chi connectivity index (χ1v) is 7.47. The SMILES string of the molecule is CCNCc1sc(CN(CC)CC)nc1CC. The molecular weight excluding hydrogens is 230 g/mol. The van der Waals surface area contributed by atoms with E-state index < -0.39 is 0 Å². The van der Waals surface area contributed by atoms with Crippen LogP contribution in [0.1, 0.15) is 43.3 Å². The maximum absolute atomic E-state index is 4.75. The van der Waals surface area contributed by atoms with Crippen LogP contribution in [-0.4, -0.2) is 29.5 Å². The summed E-state index contributed by atoms with van der Waals surface area (Å²) >= 11 is 1.87. The van der Waals surface area contributed by atoms with Gasteiger partial charge in [-0.05, 0) is 26.1 Å². The van der Waals surface area contributed by atoms with Crippen molar-refractivity contribution < 1.29 is 0 Å². The van der Waals surface area contributed by atoms with Gasteiger partial charge in [0.1, 0.15) is 5.01 Å². The van der Waals surface area contributed by atoms with E-state index in [1.54, 1.807) is 0 Å². The molecule has 0 spiro atoms. The molecule has 0 amide bonds. The van der Waals surface area contributed by atoms with Crippen molar-refractivity contribution in [2.45, 2.75) is 47.2 Å². The minimum Gasteiger partial charge on any atom is -0.312 e. The predicted octanol–water partition coefficient (Wildman–Crippen LogP) is 2.66. The molecular formula is C13H25N3S. The number of hydrogen-bond donors (Lipinski definition) is 1. The van der Waals surface area contributed by atoms with Crippen molar-refractivity contribution in [3.8, 4) is 0 Å². The molecule has 0 aliphatic carbocycles. The Balaban J connectivity index is 2.70. The summed E-state index contributed by atoms with van der Waals surface area (Å²) in [6, 6.07) is 0. The van der Waals surface area contributed by atoms with Crippen molar-refractivity contribution >= 4 is 11.3 Å². The summed E-state index contributed by atoms with van der Waals surface area (Å²) in [5.41, 5.74) is 1.28. The summed E-state index contributed by atoms with van der Waals surface area (Å²) in [4.78, 5) is 8.58. The summed E-state index contributed by atoms with van der Waals surface area (Å²) in [5, 5.41) is 4.65. The second kappa shape index (κ2) is 7.80. The second-order valence-electron chi connectivity index (χ2n) is 4.07. The maximum atomic E-state index is 4.75. The Morgan fingerprint density at radius 1 is 1.18 bits per heavy atom. The molecule has 1 rings (SSSR count). The molecule has 1 aromatic heterocycles. The quantitative estimate of drug-likeness (QED) is 0.774. The van der Waals surface area contributed by atoms with Crippen LogP contribution in [0.15, 0.2) is 0 Å². The van der Waals surface area contributed by atoms with Crippen LogP contribution in [0.25, 0.3) is 0 Å². The van der Waals surface area contributed by atoms with Crippen molar-refractivity contribution in [1.82, 2.24) is 15.2 Å². The van der Waals surface area contributed by atoms with E-state index in [1.807, 2.05) is 11.3 Å². The molecule has 1 heterocycles. The molecule has 3 nitrogen and oxygen atoms in total. The van der Waals surface area contributed by atoms with E-state index in [0.717, 1.165) is 39.1 Å². The Labute approximate surface area is 109 Å². The molecule has 0 aliphatic heterocycles. The van der Waals surface area contributed by atoms with Crippen LogP contribution < -0.4 is 5.32 Å². The molecule has 1 N–H and O–H groups in total. The lowest BCUT2D eigenvalue weighted by Gasteiger charge is -2.15. The number of nitrogens with one attached hydrogen (secondary N) is 1. The molecule has 17 heavy (non-hydrogen) atoms. The molecule has 1 aromatic rings. The van der Waals surface area contributed by atoms with E-state index in [1.165, 1.54) is 15.6 Å². The first-order chi connectivity index (χ1) is 8.24. The average Bonchev–Trinajstić information content (AvgIpc) is 2.75. The van der Waals surface area contributed by atoms with Gasteiger partial charge in [0, 0.05) is 11.4 Å². The highest BCUT2D eigenvalue weighted by Gasteiger charge is 2.11. The van der Waals surface area contributed by atoms with Gasteiger partial charge in [-0.25, -0.2) is 4.98 Å². The zero-order valence-electron chi connectivity index (χ0n) is 11.5. The fourth-order valence-electron chi connectivity index (χ4n) is 1.80. The van der Waals surface area contributed by atoms with Gasteiger partial charge in [-0.2, -0.15) is 0 Å². The fraction of sp³-hybridized carbons (Fsp3) is 0.769. The van der Waals surface area contributed by atoms with Crippen LogP contribution in [0.5, 0.6) is 0 Å². The third-order valence-corrected chi connectivity index (χ3v) is 4.03. The van der Waals surface area contributed by atoms with Gasteiger partial charge in [-0.1, -0.05) is 27.7 Å². The Kier molecular flexibility index (Phi) is 6.70. The van der Waals surface area contributed by atoms with E-state index in [0.29, 0.717) is 0 Å². The Morgan fingerprint density at radius 3 is 2.41 bits per heavy atom. The van der Waals surface area contributed by atoms with Crippen LogP contribution in [0.4, 0.5) is 0 Å². The van der Waals surface area contributed by atoms with Gasteiger partial charge in [0.15, 0.2) is 0 Å². The van der Waals surface area contributed by atoms with Gasteiger partial charge in [-0.3, -0.25) is 4.90 Å². The van der Waals surface area contributed by atoms with Crippen molar-refractivity contribution in [3.63, 3.8) is 0 Å². The van der Waals surface area contributed by atoms with Gasteiger partial charge in [0.05, 0.1) is 12.2 Å². The van der Waals surface area contributed by atoms with E-state index in [-0.39, 0.29) is 0 Å². The fourth-order valence-corrected chi connectivity index (χ4v) is 2.97. The van der Waals surface area contributed by atoms with Gasteiger partial charge in [0.2, 0.25) is 0 Å². The van der Waals surface area contributed by atoms with Crippen LogP contribution >= 0.6 is 11.3 Å². The summed E-state index contributed by atoms with van der Waals surface area (Å²) in [7, 11) is 0. The summed E-state index contributed by atoms with van der Waals surface area (Å²) in [6.45, 7) is 13.9. The number of thiazole rings is 1.